The van der Waals surface area contributed by atoms with Crippen LogP contribution in [0.1, 0.15) is 30.5 Å². The van der Waals surface area contributed by atoms with E-state index >= 15 is 0 Å². The summed E-state index contributed by atoms with van der Waals surface area (Å²) >= 11 is 0. The first-order chi connectivity index (χ1) is 21.0. The van der Waals surface area contributed by atoms with E-state index in [1.165, 1.54) is 0 Å². The van der Waals surface area contributed by atoms with Crippen LogP contribution in [-0.2, 0) is 0 Å². The number of rotatable bonds is 2. The second-order valence-corrected chi connectivity index (χ2v) is 9.28. The van der Waals surface area contributed by atoms with E-state index < -0.39 is 13.7 Å². The van der Waals surface area contributed by atoms with Crippen LogP contribution in [0.15, 0.2) is 97.1 Å². The largest absolute Gasteiger partial charge is 0.308 e. The van der Waals surface area contributed by atoms with E-state index in [1.807, 2.05) is 57.7 Å². The monoisotopic (exact) mass is 492 g/mol. The molecule has 7 aromatic rings. The summed E-state index contributed by atoms with van der Waals surface area (Å²) in [7, 11) is 0. The van der Waals surface area contributed by atoms with Crippen molar-refractivity contribution in [2.45, 2.75) is 13.7 Å². The molecule has 0 saturated heterocycles. The molecule has 0 amide bonds. The maximum absolute atomic E-state index is 10.5. The molecule has 0 atom stereocenters. The van der Waals surface area contributed by atoms with Gasteiger partial charge in [0.15, 0.2) is 0 Å². The lowest BCUT2D eigenvalue weighted by molar-refractivity contribution is 1.12. The van der Waals surface area contributed by atoms with Gasteiger partial charge in [-0.15, -0.1) is 0 Å². The Hall–Kier alpha value is -5.32. The Bertz CT molecular complexity index is 2230. The second kappa shape index (κ2) is 8.10. The fourth-order valence-electron chi connectivity index (χ4n) is 5.59. The van der Waals surface area contributed by atoms with E-state index in [0.717, 1.165) is 32.6 Å². The Morgan fingerprint density at radius 3 is 1.37 bits per heavy atom. The van der Waals surface area contributed by atoms with Gasteiger partial charge in [-0.2, -0.15) is 10.5 Å². The third-order valence-corrected chi connectivity index (χ3v) is 7.18. The van der Waals surface area contributed by atoms with Crippen LogP contribution >= 0.6 is 0 Å². The molecular formula is C34H22N4. The minimum absolute atomic E-state index is 0.217. The lowest BCUT2D eigenvalue weighted by Crippen LogP contribution is -2.04. The van der Waals surface area contributed by atoms with E-state index in [9.17, 15) is 10.5 Å². The highest BCUT2D eigenvalue weighted by atomic mass is 15.0. The Morgan fingerprint density at radius 2 is 0.947 bits per heavy atom. The average molecular weight is 493 g/mol. The first kappa shape index (κ1) is 16.4. The lowest BCUT2D eigenvalue weighted by Gasteiger charge is -2.15. The Kier molecular flexibility index (Phi) is 3.50. The summed E-state index contributed by atoms with van der Waals surface area (Å²) in [5.74, 6) is 0. The summed E-state index contributed by atoms with van der Waals surface area (Å²) in [5, 5.41) is 24.0. The molecule has 0 aliphatic heterocycles. The summed E-state index contributed by atoms with van der Waals surface area (Å²) in [4.78, 5) is 0. The maximum atomic E-state index is 10.5. The van der Waals surface area contributed by atoms with Gasteiger partial charge in [-0.25, -0.2) is 0 Å². The van der Waals surface area contributed by atoms with Crippen molar-refractivity contribution in [1.82, 2.24) is 9.13 Å². The van der Waals surface area contributed by atoms with Gasteiger partial charge in [-0.3, -0.25) is 0 Å². The molecule has 4 nitrogen and oxygen atoms in total. The Balaban J connectivity index is 1.54. The number of fused-ring (bicyclic) bond motifs is 6. The SMILES string of the molecule is [2H]C([2H])([2H])c1ccc2c(c1)c1ccccc1n2-c1cc(C#N)c(-n2c3ccccc3c3cc(C([2H])([2H])[2H])ccc32)cc1C#N. The van der Waals surface area contributed by atoms with Gasteiger partial charge in [0, 0.05) is 29.8 Å². The number of hydrogen-bond donors (Lipinski definition) is 0. The molecule has 0 radical (unpaired) electrons. The zero-order valence-corrected chi connectivity index (χ0v) is 20.0. The van der Waals surface area contributed by atoms with Crippen molar-refractivity contribution in [3.8, 4) is 23.5 Å². The van der Waals surface area contributed by atoms with Crippen LogP contribution < -0.4 is 0 Å². The van der Waals surface area contributed by atoms with Gasteiger partial charge in [0.05, 0.1) is 44.6 Å². The molecule has 2 heterocycles. The van der Waals surface area contributed by atoms with Crippen LogP contribution in [0.3, 0.4) is 0 Å². The van der Waals surface area contributed by atoms with Crippen molar-refractivity contribution in [2.75, 3.05) is 0 Å². The molecule has 0 saturated carbocycles. The number of nitriles is 2. The van der Waals surface area contributed by atoms with E-state index in [0.29, 0.717) is 33.5 Å². The van der Waals surface area contributed by atoms with E-state index in [-0.39, 0.29) is 11.1 Å². The van der Waals surface area contributed by atoms with Crippen LogP contribution in [0.4, 0.5) is 0 Å². The van der Waals surface area contributed by atoms with E-state index in [2.05, 4.69) is 12.1 Å². The lowest BCUT2D eigenvalue weighted by atomic mass is 10.1. The quantitative estimate of drug-likeness (QED) is 0.244. The molecule has 7 rings (SSSR count). The molecule has 2 aromatic heterocycles. The zero-order valence-electron chi connectivity index (χ0n) is 26.0. The smallest absolute Gasteiger partial charge is 0.101 e. The van der Waals surface area contributed by atoms with Gasteiger partial charge >= 0.3 is 0 Å². The van der Waals surface area contributed by atoms with Crippen LogP contribution in [0.25, 0.3) is 55.0 Å². The molecule has 4 heteroatoms. The van der Waals surface area contributed by atoms with Gasteiger partial charge in [-0.05, 0) is 62.2 Å². The maximum Gasteiger partial charge on any atom is 0.101 e. The Labute approximate surface area is 228 Å². The summed E-state index contributed by atoms with van der Waals surface area (Å²) in [6.45, 7) is -4.56. The van der Waals surface area contributed by atoms with Crippen LogP contribution in [0, 0.1) is 36.4 Å². The summed E-state index contributed by atoms with van der Waals surface area (Å²) < 4.78 is 51.3. The van der Waals surface area contributed by atoms with Gasteiger partial charge in [0.25, 0.3) is 0 Å². The predicted molar refractivity (Wildman–Crippen MR) is 154 cm³/mol. The highest BCUT2D eigenvalue weighted by Crippen LogP contribution is 2.37. The highest BCUT2D eigenvalue weighted by Gasteiger charge is 2.20. The summed E-state index contributed by atoms with van der Waals surface area (Å²) in [6, 6.07) is 33.1. The molecule has 178 valence electrons. The third kappa shape index (κ3) is 3.01. The third-order valence-electron chi connectivity index (χ3n) is 7.18. The van der Waals surface area contributed by atoms with Crippen molar-refractivity contribution >= 4 is 43.6 Å². The Morgan fingerprint density at radius 1 is 0.526 bits per heavy atom. The molecular weight excluding hydrogens is 464 g/mol. The summed E-state index contributed by atoms with van der Waals surface area (Å²) in [5.41, 5.74) is 5.00. The van der Waals surface area contributed by atoms with Crippen molar-refractivity contribution in [3.05, 3.63) is 119 Å². The van der Waals surface area contributed by atoms with Gasteiger partial charge in [0.2, 0.25) is 0 Å². The number of aryl methyl sites for hydroxylation is 2. The minimum atomic E-state index is -2.28. The predicted octanol–water partition coefficient (Wildman–Crippen LogP) is 8.24. The number of aromatic nitrogens is 2. The summed E-state index contributed by atoms with van der Waals surface area (Å²) in [6.07, 6.45) is 0. The first-order valence-electron chi connectivity index (χ1n) is 15.1. The number of hydrogen-bond acceptors (Lipinski definition) is 2. The van der Waals surface area contributed by atoms with Crippen molar-refractivity contribution in [3.63, 3.8) is 0 Å². The molecule has 0 N–H and O–H groups in total. The van der Waals surface area contributed by atoms with Crippen LogP contribution in [0.2, 0.25) is 0 Å². The van der Waals surface area contributed by atoms with Crippen molar-refractivity contribution < 1.29 is 8.22 Å². The fourth-order valence-corrected chi connectivity index (χ4v) is 5.59. The average Bonchev–Trinajstić information content (AvgIpc) is 3.51. The number of benzene rings is 5. The van der Waals surface area contributed by atoms with E-state index in [1.54, 1.807) is 48.5 Å². The molecule has 0 spiro atoms. The van der Waals surface area contributed by atoms with E-state index in [4.69, 9.17) is 8.22 Å². The molecule has 0 aliphatic carbocycles. The second-order valence-electron chi connectivity index (χ2n) is 9.28. The molecule has 0 unspecified atom stereocenters. The fraction of sp³-hybridized carbons (Fsp3) is 0.0588. The van der Waals surface area contributed by atoms with Crippen LogP contribution in [-0.4, -0.2) is 9.13 Å². The highest BCUT2D eigenvalue weighted by molar-refractivity contribution is 6.11. The zero-order chi connectivity index (χ0) is 31.0. The normalized spacial score (nSPS) is 14.4. The van der Waals surface area contributed by atoms with Gasteiger partial charge < -0.3 is 9.13 Å². The molecule has 0 aliphatic rings. The number of nitrogens with zero attached hydrogens (tertiary/aromatic N) is 4. The van der Waals surface area contributed by atoms with Crippen LogP contribution in [0.5, 0.6) is 0 Å². The van der Waals surface area contributed by atoms with Crippen molar-refractivity contribution in [1.29, 1.82) is 10.5 Å². The standard InChI is InChI=1S/C34H22N4/c1-21-11-13-31-27(15-21)25-7-3-5-9-29(25)37(31)33-17-24(20-36)34(18-23(33)19-35)38-30-10-6-4-8-26(30)28-16-22(2)12-14-32(28)38/h3-18H,1-2H3/i1D3,2D3. The first-order valence-corrected chi connectivity index (χ1v) is 12.1. The molecule has 0 bridgehead atoms. The van der Waals surface area contributed by atoms with Gasteiger partial charge in [0.1, 0.15) is 12.1 Å². The molecule has 0 fully saturated rings. The minimum Gasteiger partial charge on any atom is -0.308 e. The van der Waals surface area contributed by atoms with Crippen molar-refractivity contribution in [2.24, 2.45) is 0 Å². The van der Waals surface area contributed by atoms with Gasteiger partial charge in [-0.1, -0.05) is 59.7 Å². The number of para-hydroxylation sites is 2. The topological polar surface area (TPSA) is 57.4 Å². The molecule has 5 aromatic carbocycles. The molecule has 38 heavy (non-hydrogen) atoms.